The number of rotatable bonds is 4. The van der Waals surface area contributed by atoms with Gasteiger partial charge in [0.2, 0.25) is 0 Å². The van der Waals surface area contributed by atoms with Crippen molar-refractivity contribution < 1.29 is 20.5 Å². The molecule has 2 heterocycles. The maximum atomic E-state index is 11.6. The van der Waals surface area contributed by atoms with Gasteiger partial charge in [0.05, 0.1) is 18.2 Å². The lowest BCUT2D eigenvalue weighted by atomic mass is 10.1. The summed E-state index contributed by atoms with van der Waals surface area (Å²) in [5, 5.41) is 1.11. The summed E-state index contributed by atoms with van der Waals surface area (Å²) >= 11 is 1.71. The lowest BCUT2D eigenvalue weighted by Gasteiger charge is -2.06. The molecule has 7 heteroatoms. The summed E-state index contributed by atoms with van der Waals surface area (Å²) in [6.45, 7) is 0. The van der Waals surface area contributed by atoms with Gasteiger partial charge in [-0.3, -0.25) is 9.97 Å². The predicted octanol–water partition coefficient (Wildman–Crippen LogP) is 2.08. The number of carbonyl (C=O) groups excluding carboxylic acids is 1. The number of aromatic nitrogens is 2. The Balaban J connectivity index is 0.00000156. The van der Waals surface area contributed by atoms with Crippen LogP contribution in [0.25, 0.3) is 10.9 Å². The third-order valence-electron chi connectivity index (χ3n) is 3.57. The van der Waals surface area contributed by atoms with E-state index in [1.807, 2.05) is 12.3 Å². The van der Waals surface area contributed by atoms with Crippen molar-refractivity contribution in [1.29, 1.82) is 0 Å². The maximum Gasteiger partial charge on any atom is 0.337 e. The van der Waals surface area contributed by atoms with E-state index >= 15 is 0 Å². The molecule has 132 valence electrons. The first-order valence-corrected chi connectivity index (χ1v) is 8.38. The van der Waals surface area contributed by atoms with Crippen molar-refractivity contribution in [2.45, 2.75) is 11.3 Å². The highest BCUT2D eigenvalue weighted by atomic mass is 32.2. The number of nitrogens with zero attached hydrogens (tertiary/aromatic N) is 2. The van der Waals surface area contributed by atoms with E-state index in [2.05, 4.69) is 34.4 Å². The first-order valence-electron chi connectivity index (χ1n) is 7.15. The van der Waals surface area contributed by atoms with Crippen molar-refractivity contribution in [3.63, 3.8) is 0 Å². The number of carbonyl (C=O) groups is 1. The van der Waals surface area contributed by atoms with Crippen LogP contribution in [0, 0.1) is 0 Å². The van der Waals surface area contributed by atoms with Gasteiger partial charge in [0.25, 0.3) is 0 Å². The summed E-state index contributed by atoms with van der Waals surface area (Å²) in [5.41, 5.74) is 3.36. The molecule has 6 nitrogen and oxygen atoms in total. The van der Waals surface area contributed by atoms with Crippen LogP contribution in [0.2, 0.25) is 0 Å². The number of methoxy groups -OCH3 is 1. The van der Waals surface area contributed by atoms with Crippen molar-refractivity contribution in [3.05, 3.63) is 65.6 Å². The van der Waals surface area contributed by atoms with E-state index < -0.39 is 0 Å². The number of hydrogen-bond acceptors (Lipinski definition) is 5. The van der Waals surface area contributed by atoms with E-state index in [9.17, 15) is 4.79 Å². The largest absolute Gasteiger partial charge is 0.465 e. The van der Waals surface area contributed by atoms with Gasteiger partial charge >= 0.3 is 5.97 Å². The molecular weight excluding hydrogens is 340 g/mol. The Bertz CT molecular complexity index is 871. The number of pyridine rings is 2. The van der Waals surface area contributed by atoms with Crippen LogP contribution < -0.4 is 0 Å². The SMILES string of the molecule is COC(=O)c1ccnc(Cc2cnc3ccc(SC)cc3c2)c1.O.O. The Morgan fingerprint density at radius 3 is 2.64 bits per heavy atom. The lowest BCUT2D eigenvalue weighted by molar-refractivity contribution is 0.0600. The van der Waals surface area contributed by atoms with Gasteiger partial charge in [-0.15, -0.1) is 11.8 Å². The van der Waals surface area contributed by atoms with Gasteiger partial charge in [0, 0.05) is 34.8 Å². The average Bonchev–Trinajstić information content (AvgIpc) is 2.60. The van der Waals surface area contributed by atoms with Crippen LogP contribution in [0.5, 0.6) is 0 Å². The van der Waals surface area contributed by atoms with E-state index in [0.717, 1.165) is 22.2 Å². The number of esters is 1. The number of ether oxygens (including phenoxy) is 1. The van der Waals surface area contributed by atoms with Crippen LogP contribution >= 0.6 is 11.8 Å². The Labute approximate surface area is 149 Å². The van der Waals surface area contributed by atoms with E-state index in [4.69, 9.17) is 4.74 Å². The fourth-order valence-corrected chi connectivity index (χ4v) is 2.86. The fourth-order valence-electron chi connectivity index (χ4n) is 2.41. The monoisotopic (exact) mass is 360 g/mol. The molecule has 0 aliphatic rings. The quantitative estimate of drug-likeness (QED) is 0.522. The summed E-state index contributed by atoms with van der Waals surface area (Å²) in [5.74, 6) is -0.352. The molecule has 0 aliphatic heterocycles. The summed E-state index contributed by atoms with van der Waals surface area (Å²) in [7, 11) is 1.37. The van der Waals surface area contributed by atoms with Crippen molar-refractivity contribution in [2.24, 2.45) is 0 Å². The molecule has 3 rings (SSSR count). The normalized spacial score (nSPS) is 9.84. The molecule has 3 aromatic rings. The number of hydrogen-bond donors (Lipinski definition) is 0. The smallest absolute Gasteiger partial charge is 0.337 e. The zero-order valence-electron chi connectivity index (χ0n) is 13.9. The fraction of sp³-hybridized carbons (Fsp3) is 0.167. The van der Waals surface area contributed by atoms with Crippen LogP contribution in [0.1, 0.15) is 21.6 Å². The molecule has 2 aromatic heterocycles. The standard InChI is InChI=1S/C18H16N2O2S.2H2O/c1-22-18(21)13-5-6-19-15(9-13)8-12-7-14-10-16(23-2)3-4-17(14)20-11-12;;/h3-7,9-11H,8H2,1-2H3;2*1H2. The minimum Gasteiger partial charge on any atom is -0.465 e. The van der Waals surface area contributed by atoms with Crippen LogP contribution in [0.3, 0.4) is 0 Å². The van der Waals surface area contributed by atoms with Gasteiger partial charge < -0.3 is 15.7 Å². The first-order chi connectivity index (χ1) is 11.2. The molecule has 0 unspecified atom stereocenters. The van der Waals surface area contributed by atoms with Crippen molar-refractivity contribution >= 4 is 28.6 Å². The van der Waals surface area contributed by atoms with E-state index in [0.29, 0.717) is 12.0 Å². The molecule has 0 fully saturated rings. The average molecular weight is 360 g/mol. The molecule has 0 saturated heterocycles. The summed E-state index contributed by atoms with van der Waals surface area (Å²) in [6.07, 6.45) is 6.16. The predicted molar refractivity (Wildman–Crippen MR) is 99.1 cm³/mol. The first kappa shape index (κ1) is 20.6. The number of thioether (sulfide) groups is 1. The van der Waals surface area contributed by atoms with Gasteiger partial charge in [-0.2, -0.15) is 0 Å². The minimum atomic E-state index is -0.352. The zero-order chi connectivity index (χ0) is 16.2. The third kappa shape index (κ3) is 4.76. The Morgan fingerprint density at radius 2 is 1.92 bits per heavy atom. The van der Waals surface area contributed by atoms with Crippen LogP contribution in [0.15, 0.2) is 53.7 Å². The van der Waals surface area contributed by atoms with Gasteiger partial charge in [0.15, 0.2) is 0 Å². The molecule has 0 saturated carbocycles. The second-order valence-electron chi connectivity index (χ2n) is 5.11. The van der Waals surface area contributed by atoms with Crippen LogP contribution in [-0.4, -0.2) is 40.3 Å². The van der Waals surface area contributed by atoms with Crippen molar-refractivity contribution in [2.75, 3.05) is 13.4 Å². The Kier molecular flexibility index (Phi) is 7.50. The second kappa shape index (κ2) is 9.12. The molecule has 0 aliphatic carbocycles. The highest BCUT2D eigenvalue weighted by Crippen LogP contribution is 2.22. The maximum absolute atomic E-state index is 11.6. The molecule has 0 atom stereocenters. The van der Waals surface area contributed by atoms with Gasteiger partial charge in [-0.1, -0.05) is 0 Å². The number of benzene rings is 1. The molecule has 4 N–H and O–H groups in total. The Morgan fingerprint density at radius 1 is 1.12 bits per heavy atom. The number of fused-ring (bicyclic) bond motifs is 1. The second-order valence-corrected chi connectivity index (χ2v) is 5.99. The van der Waals surface area contributed by atoms with Gasteiger partial charge in [-0.05, 0) is 48.2 Å². The molecule has 0 radical (unpaired) electrons. The molecule has 0 spiro atoms. The summed E-state index contributed by atoms with van der Waals surface area (Å²) in [6, 6.07) is 11.8. The minimum absolute atomic E-state index is 0. The molecular formula is C18H20N2O4S. The highest BCUT2D eigenvalue weighted by molar-refractivity contribution is 7.98. The topological polar surface area (TPSA) is 115 Å². The summed E-state index contributed by atoms with van der Waals surface area (Å²) < 4.78 is 4.74. The van der Waals surface area contributed by atoms with E-state index in [1.165, 1.54) is 12.0 Å². The Hall–Kier alpha value is -2.48. The molecule has 0 amide bonds. The van der Waals surface area contributed by atoms with Crippen LogP contribution in [-0.2, 0) is 11.2 Å². The van der Waals surface area contributed by atoms with Crippen molar-refractivity contribution in [1.82, 2.24) is 9.97 Å². The van der Waals surface area contributed by atoms with Crippen LogP contribution in [0.4, 0.5) is 0 Å². The molecule has 1 aromatic carbocycles. The molecule has 0 bridgehead atoms. The van der Waals surface area contributed by atoms with E-state index in [1.54, 1.807) is 30.1 Å². The zero-order valence-corrected chi connectivity index (χ0v) is 14.8. The van der Waals surface area contributed by atoms with Gasteiger partial charge in [-0.25, -0.2) is 4.79 Å². The lowest BCUT2D eigenvalue weighted by Crippen LogP contribution is -2.03. The summed E-state index contributed by atoms with van der Waals surface area (Å²) in [4.78, 5) is 21.6. The highest BCUT2D eigenvalue weighted by Gasteiger charge is 2.08. The van der Waals surface area contributed by atoms with Crippen molar-refractivity contribution in [3.8, 4) is 0 Å². The van der Waals surface area contributed by atoms with Gasteiger partial charge in [0.1, 0.15) is 0 Å². The third-order valence-corrected chi connectivity index (χ3v) is 4.29. The van der Waals surface area contributed by atoms with E-state index in [-0.39, 0.29) is 16.9 Å². The molecule has 25 heavy (non-hydrogen) atoms.